The van der Waals surface area contributed by atoms with Crippen molar-refractivity contribution in [2.45, 2.75) is 16.2 Å². The maximum Gasteiger partial charge on any atom is 0.294 e. The van der Waals surface area contributed by atoms with Crippen LogP contribution in [0.4, 0.5) is 4.39 Å². The van der Waals surface area contributed by atoms with Crippen molar-refractivity contribution in [3.05, 3.63) is 84.2 Å². The SMILES string of the molecule is O=COC(Cc1cc[nH]c1)(c1ccccc1F)S(=O)(=O)c1cccnc1. The van der Waals surface area contributed by atoms with Gasteiger partial charge in [0.05, 0.1) is 4.90 Å². The lowest BCUT2D eigenvalue weighted by Crippen LogP contribution is -2.41. The summed E-state index contributed by atoms with van der Waals surface area (Å²) in [5, 5.41) is 0. The van der Waals surface area contributed by atoms with Gasteiger partial charge in [0.1, 0.15) is 5.82 Å². The number of nitrogens with zero attached hydrogens (tertiary/aromatic N) is 1. The number of hydrogen-bond donors (Lipinski definition) is 1. The number of carbonyl (C=O) groups is 1. The molecule has 1 aromatic carbocycles. The number of rotatable bonds is 7. The van der Waals surface area contributed by atoms with Gasteiger partial charge in [-0.25, -0.2) is 12.8 Å². The minimum absolute atomic E-state index is 0.0208. The lowest BCUT2D eigenvalue weighted by Gasteiger charge is -2.32. The monoisotopic (exact) mass is 374 g/mol. The Morgan fingerprint density at radius 2 is 2.00 bits per heavy atom. The number of carbonyl (C=O) groups excluding carboxylic acids is 1. The van der Waals surface area contributed by atoms with E-state index in [4.69, 9.17) is 4.74 Å². The van der Waals surface area contributed by atoms with E-state index in [9.17, 15) is 17.6 Å². The van der Waals surface area contributed by atoms with Gasteiger partial charge in [0.2, 0.25) is 14.8 Å². The first-order valence-electron chi connectivity index (χ1n) is 7.64. The van der Waals surface area contributed by atoms with Crippen LogP contribution in [-0.4, -0.2) is 24.9 Å². The Balaban J connectivity index is 2.30. The largest absolute Gasteiger partial charge is 0.439 e. The molecule has 2 aromatic heterocycles. The maximum absolute atomic E-state index is 14.6. The summed E-state index contributed by atoms with van der Waals surface area (Å²) in [4.78, 5) is 15.4. The van der Waals surface area contributed by atoms with Crippen LogP contribution in [0.5, 0.6) is 0 Å². The van der Waals surface area contributed by atoms with Gasteiger partial charge in [-0.3, -0.25) is 9.78 Å². The lowest BCUT2D eigenvalue weighted by atomic mass is 10.0. The number of halogens is 1. The highest BCUT2D eigenvalue weighted by molar-refractivity contribution is 7.92. The van der Waals surface area contributed by atoms with Crippen LogP contribution in [0.25, 0.3) is 0 Å². The topological polar surface area (TPSA) is 89.1 Å². The molecular formula is C18H15FN2O4S. The highest BCUT2D eigenvalue weighted by Crippen LogP contribution is 2.40. The van der Waals surface area contributed by atoms with Gasteiger partial charge in [-0.15, -0.1) is 0 Å². The van der Waals surface area contributed by atoms with Gasteiger partial charge in [0.15, 0.2) is 0 Å². The number of nitrogens with one attached hydrogen (secondary N) is 1. The van der Waals surface area contributed by atoms with Crippen LogP contribution in [0.15, 0.2) is 72.1 Å². The number of aromatic nitrogens is 2. The molecule has 3 aromatic rings. The molecule has 3 rings (SSSR count). The van der Waals surface area contributed by atoms with E-state index in [0.29, 0.717) is 5.56 Å². The molecule has 1 unspecified atom stereocenters. The third kappa shape index (κ3) is 2.99. The first kappa shape index (κ1) is 17.8. The molecule has 134 valence electrons. The van der Waals surface area contributed by atoms with Crippen LogP contribution in [0.1, 0.15) is 11.1 Å². The predicted octanol–water partition coefficient (Wildman–Crippen LogP) is 2.59. The second-order valence-electron chi connectivity index (χ2n) is 5.54. The van der Waals surface area contributed by atoms with Crippen molar-refractivity contribution in [2.75, 3.05) is 0 Å². The lowest BCUT2D eigenvalue weighted by molar-refractivity contribution is -0.137. The molecule has 0 radical (unpaired) electrons. The van der Waals surface area contributed by atoms with Gasteiger partial charge < -0.3 is 9.72 Å². The molecule has 1 N–H and O–H groups in total. The zero-order chi connectivity index (χ0) is 18.6. The zero-order valence-corrected chi connectivity index (χ0v) is 14.3. The Hall–Kier alpha value is -3.00. The van der Waals surface area contributed by atoms with E-state index in [1.54, 1.807) is 18.5 Å². The summed E-state index contributed by atoms with van der Waals surface area (Å²) in [6.45, 7) is 0.0208. The summed E-state index contributed by atoms with van der Waals surface area (Å²) < 4.78 is 46.6. The number of ether oxygens (including phenoxy) is 1. The number of H-pyrrole nitrogens is 1. The summed E-state index contributed by atoms with van der Waals surface area (Å²) in [6.07, 6.45) is 5.43. The first-order chi connectivity index (χ1) is 12.5. The van der Waals surface area contributed by atoms with Crippen LogP contribution in [0, 0.1) is 5.82 Å². The minimum Gasteiger partial charge on any atom is -0.439 e. The Labute approximate surface area is 149 Å². The number of benzene rings is 1. The number of sulfone groups is 1. The van der Waals surface area contributed by atoms with E-state index in [1.807, 2.05) is 0 Å². The van der Waals surface area contributed by atoms with Crippen molar-refractivity contribution < 1.29 is 22.3 Å². The van der Waals surface area contributed by atoms with Crippen LogP contribution in [0.3, 0.4) is 0 Å². The maximum atomic E-state index is 14.6. The molecule has 26 heavy (non-hydrogen) atoms. The fourth-order valence-electron chi connectivity index (χ4n) is 2.78. The molecular weight excluding hydrogens is 359 g/mol. The highest BCUT2D eigenvalue weighted by atomic mass is 32.2. The Morgan fingerprint density at radius 1 is 1.19 bits per heavy atom. The highest BCUT2D eigenvalue weighted by Gasteiger charge is 2.50. The molecule has 0 aliphatic heterocycles. The van der Waals surface area contributed by atoms with Crippen molar-refractivity contribution in [3.8, 4) is 0 Å². The van der Waals surface area contributed by atoms with E-state index in [2.05, 4.69) is 9.97 Å². The normalized spacial score (nSPS) is 13.7. The summed E-state index contributed by atoms with van der Waals surface area (Å²) in [7, 11) is -4.35. The summed E-state index contributed by atoms with van der Waals surface area (Å²) in [5.74, 6) is -0.794. The third-order valence-electron chi connectivity index (χ3n) is 4.00. The van der Waals surface area contributed by atoms with Gasteiger partial charge in [-0.1, -0.05) is 18.2 Å². The average molecular weight is 374 g/mol. The van der Waals surface area contributed by atoms with Crippen molar-refractivity contribution in [3.63, 3.8) is 0 Å². The van der Waals surface area contributed by atoms with Crippen molar-refractivity contribution in [1.82, 2.24) is 9.97 Å². The molecule has 0 bridgehead atoms. The Kier molecular flexibility index (Phi) is 4.85. The van der Waals surface area contributed by atoms with Gasteiger partial charge in [-0.05, 0) is 29.8 Å². The summed E-state index contributed by atoms with van der Waals surface area (Å²) in [5.41, 5.74) is 0.278. The van der Waals surface area contributed by atoms with Crippen LogP contribution < -0.4 is 0 Å². The molecule has 6 nitrogen and oxygen atoms in total. The van der Waals surface area contributed by atoms with Crippen molar-refractivity contribution in [1.29, 1.82) is 0 Å². The van der Waals surface area contributed by atoms with E-state index in [-0.39, 0.29) is 23.4 Å². The van der Waals surface area contributed by atoms with Crippen LogP contribution in [-0.2, 0) is 30.7 Å². The molecule has 0 aliphatic rings. The quantitative estimate of drug-likeness (QED) is 0.642. The molecule has 2 heterocycles. The molecule has 1 atom stereocenters. The van der Waals surface area contributed by atoms with E-state index in [0.717, 1.165) is 12.3 Å². The van der Waals surface area contributed by atoms with Gasteiger partial charge in [0.25, 0.3) is 6.47 Å². The minimum atomic E-state index is -4.35. The fraction of sp³-hybridized carbons (Fsp3) is 0.111. The summed E-state index contributed by atoms with van der Waals surface area (Å²) in [6, 6.07) is 9.71. The number of pyridine rings is 1. The standard InChI is InChI=1S/C18H15FN2O4S/c19-17-6-2-1-5-16(17)18(25-13-22,10-14-7-9-21-11-14)26(23,24)15-4-3-8-20-12-15/h1-9,11-13,21H,10H2. The first-order valence-corrected chi connectivity index (χ1v) is 9.12. The second-order valence-corrected chi connectivity index (χ2v) is 7.67. The molecule has 0 fully saturated rings. The molecule has 0 aliphatic carbocycles. The van der Waals surface area contributed by atoms with Gasteiger partial charge >= 0.3 is 0 Å². The van der Waals surface area contributed by atoms with Crippen LogP contribution in [0.2, 0.25) is 0 Å². The van der Waals surface area contributed by atoms with Crippen LogP contribution >= 0.6 is 0 Å². The molecule has 8 heteroatoms. The number of aromatic amines is 1. The van der Waals surface area contributed by atoms with Gasteiger partial charge in [0, 0.05) is 36.8 Å². The number of hydrogen-bond acceptors (Lipinski definition) is 5. The smallest absolute Gasteiger partial charge is 0.294 e. The van der Waals surface area contributed by atoms with E-state index in [1.165, 1.54) is 36.5 Å². The molecule has 0 amide bonds. The Morgan fingerprint density at radius 3 is 2.62 bits per heavy atom. The third-order valence-corrected chi connectivity index (χ3v) is 6.19. The molecule has 0 saturated heterocycles. The van der Waals surface area contributed by atoms with Crippen molar-refractivity contribution >= 4 is 16.3 Å². The fourth-order valence-corrected chi connectivity index (χ4v) is 4.60. The van der Waals surface area contributed by atoms with Crippen molar-refractivity contribution in [2.24, 2.45) is 0 Å². The second kappa shape index (κ2) is 7.09. The zero-order valence-electron chi connectivity index (χ0n) is 13.5. The summed E-state index contributed by atoms with van der Waals surface area (Å²) >= 11 is 0. The molecule has 0 saturated carbocycles. The predicted molar refractivity (Wildman–Crippen MR) is 91.1 cm³/mol. The molecule has 0 spiro atoms. The Bertz CT molecular complexity index is 991. The average Bonchev–Trinajstić information content (AvgIpc) is 3.15. The van der Waals surface area contributed by atoms with Gasteiger partial charge in [-0.2, -0.15) is 0 Å². The van der Waals surface area contributed by atoms with E-state index >= 15 is 0 Å². The van der Waals surface area contributed by atoms with E-state index < -0.39 is 20.6 Å².